The van der Waals surface area contributed by atoms with Gasteiger partial charge in [-0.15, -0.1) is 0 Å². The lowest BCUT2D eigenvalue weighted by atomic mass is 10.2. The van der Waals surface area contributed by atoms with Gasteiger partial charge in [0, 0.05) is 21.1 Å². The van der Waals surface area contributed by atoms with Crippen LogP contribution in [-0.2, 0) is 21.4 Å². The average molecular weight is 377 g/mol. The number of nitrogens with zero attached hydrogens (tertiary/aromatic N) is 4. The van der Waals surface area contributed by atoms with Crippen molar-refractivity contribution < 1.29 is 18.0 Å². The van der Waals surface area contributed by atoms with Crippen LogP contribution in [0.25, 0.3) is 5.69 Å². The fraction of sp³-hybridized carbons (Fsp3) is 0.312. The van der Waals surface area contributed by atoms with E-state index in [-0.39, 0.29) is 29.6 Å². The van der Waals surface area contributed by atoms with Crippen LogP contribution in [0.2, 0.25) is 0 Å². The highest BCUT2D eigenvalue weighted by Gasteiger charge is 2.35. The van der Waals surface area contributed by atoms with Gasteiger partial charge >= 0.3 is 0 Å². The Bertz CT molecular complexity index is 980. The number of hydrogen-bond donors (Lipinski definition) is 1. The van der Waals surface area contributed by atoms with Crippen molar-refractivity contribution in [3.63, 3.8) is 0 Å². The van der Waals surface area contributed by atoms with Crippen LogP contribution in [0.15, 0.2) is 35.5 Å². The predicted octanol–water partition coefficient (Wildman–Crippen LogP) is -0.176. The van der Waals surface area contributed by atoms with Gasteiger partial charge in [0.2, 0.25) is 15.9 Å². The third-order valence-corrected chi connectivity index (χ3v) is 6.03. The van der Waals surface area contributed by atoms with Crippen molar-refractivity contribution in [3.8, 4) is 5.69 Å². The average Bonchev–Trinajstić information content (AvgIpc) is 3.00. The smallest absolute Gasteiger partial charge is 0.271 e. The topological polar surface area (TPSA) is 105 Å². The number of amides is 2. The summed E-state index contributed by atoms with van der Waals surface area (Å²) in [7, 11) is 0.659. The van der Waals surface area contributed by atoms with Crippen LogP contribution in [0.5, 0.6) is 0 Å². The minimum atomic E-state index is -3.93. The number of likely N-dealkylation sites (N-methyl/N-ethyl adjacent to an activating group) is 1. The number of fused-ring (bicyclic) bond motifs is 3. The fourth-order valence-corrected chi connectivity index (χ4v) is 4.27. The molecule has 2 aromatic rings. The van der Waals surface area contributed by atoms with Gasteiger partial charge < -0.3 is 10.2 Å². The quantitative estimate of drug-likeness (QED) is 0.799. The first kappa shape index (κ1) is 18.1. The maximum Gasteiger partial charge on any atom is 0.271 e. The van der Waals surface area contributed by atoms with Crippen LogP contribution in [0.1, 0.15) is 16.2 Å². The molecule has 1 aromatic carbocycles. The summed E-state index contributed by atoms with van der Waals surface area (Å²) in [6, 6.07) is 6.44. The Hall–Kier alpha value is -2.72. The first-order valence-corrected chi connectivity index (χ1v) is 9.29. The van der Waals surface area contributed by atoms with Crippen LogP contribution in [0.3, 0.4) is 0 Å². The third-order valence-electron chi connectivity index (χ3n) is 4.19. The summed E-state index contributed by atoms with van der Waals surface area (Å²) in [5, 5.41) is 2.50. The molecule has 0 saturated carbocycles. The molecule has 2 heterocycles. The lowest BCUT2D eigenvalue weighted by Gasteiger charge is -2.21. The van der Waals surface area contributed by atoms with Crippen molar-refractivity contribution in [1.29, 1.82) is 0 Å². The van der Waals surface area contributed by atoms with Gasteiger partial charge in [-0.1, -0.05) is 12.1 Å². The maximum atomic E-state index is 13.1. The molecule has 2 amide bonds. The number of para-hydroxylation sites is 1. The van der Waals surface area contributed by atoms with Crippen molar-refractivity contribution in [1.82, 2.24) is 24.1 Å². The van der Waals surface area contributed by atoms with Crippen molar-refractivity contribution in [2.45, 2.75) is 11.4 Å². The number of hydrogen-bond acceptors (Lipinski definition) is 5. The van der Waals surface area contributed by atoms with Gasteiger partial charge in [0.1, 0.15) is 11.2 Å². The summed E-state index contributed by atoms with van der Waals surface area (Å²) in [4.78, 5) is 29.8. The van der Waals surface area contributed by atoms with Gasteiger partial charge in [0.15, 0.2) is 5.69 Å². The zero-order chi connectivity index (χ0) is 19.1. The van der Waals surface area contributed by atoms with Crippen LogP contribution < -0.4 is 5.32 Å². The molecular weight excluding hydrogens is 358 g/mol. The van der Waals surface area contributed by atoms with Crippen LogP contribution in [0, 0.1) is 0 Å². The second kappa shape index (κ2) is 6.54. The molecule has 138 valence electrons. The number of carbonyl (C=O) groups is 2. The molecule has 0 atom stereocenters. The van der Waals surface area contributed by atoms with E-state index in [0.717, 1.165) is 4.31 Å². The number of imidazole rings is 1. The molecule has 1 aromatic heterocycles. The number of rotatable bonds is 3. The lowest BCUT2D eigenvalue weighted by Crippen LogP contribution is -2.39. The summed E-state index contributed by atoms with van der Waals surface area (Å²) in [6.45, 7) is -0.471. The first-order valence-electron chi connectivity index (χ1n) is 7.85. The standard InChI is InChI=1S/C16H19N5O4S/c1-17-16(23)15-12-8-20(9-14(22)19(2)3)26(24,25)13-7-5-4-6-11(13)21(12)10-18-15/h4-7,10H,8-9H2,1-3H3,(H,17,23). The Morgan fingerprint density at radius 1 is 1.27 bits per heavy atom. The second-order valence-corrected chi connectivity index (χ2v) is 7.92. The molecule has 1 N–H and O–H groups in total. The second-order valence-electron chi connectivity index (χ2n) is 6.02. The molecule has 1 aliphatic heterocycles. The Kier molecular flexibility index (Phi) is 4.55. The summed E-state index contributed by atoms with van der Waals surface area (Å²) in [5.74, 6) is -0.782. The van der Waals surface area contributed by atoms with Crippen LogP contribution in [-0.4, -0.2) is 66.7 Å². The Balaban J connectivity index is 2.22. The molecule has 0 radical (unpaired) electrons. The van der Waals surface area contributed by atoms with E-state index in [1.165, 1.54) is 24.3 Å². The molecule has 9 nitrogen and oxygen atoms in total. The van der Waals surface area contributed by atoms with Gasteiger partial charge in [0.05, 0.1) is 24.5 Å². The van der Waals surface area contributed by atoms with E-state index in [1.807, 2.05) is 0 Å². The molecule has 0 bridgehead atoms. The van der Waals surface area contributed by atoms with E-state index in [4.69, 9.17) is 0 Å². The minimum Gasteiger partial charge on any atom is -0.354 e. The van der Waals surface area contributed by atoms with Gasteiger partial charge in [-0.05, 0) is 12.1 Å². The minimum absolute atomic E-state index is 0.0613. The van der Waals surface area contributed by atoms with E-state index in [2.05, 4.69) is 10.3 Å². The summed E-state index contributed by atoms with van der Waals surface area (Å²) in [6.07, 6.45) is 1.42. The van der Waals surface area contributed by atoms with Crippen molar-refractivity contribution in [3.05, 3.63) is 42.0 Å². The van der Waals surface area contributed by atoms with E-state index in [9.17, 15) is 18.0 Å². The molecule has 1 aliphatic rings. The predicted molar refractivity (Wildman–Crippen MR) is 93.2 cm³/mol. The third kappa shape index (κ3) is 2.86. The molecule has 0 fully saturated rings. The molecular formula is C16H19N5O4S. The molecule has 0 saturated heterocycles. The maximum absolute atomic E-state index is 13.1. The SMILES string of the molecule is CNC(=O)c1ncn2c1CN(CC(=O)N(C)C)S(=O)(=O)c1ccccc1-2. The molecule has 0 aliphatic carbocycles. The number of nitrogens with one attached hydrogen (secondary N) is 1. The monoisotopic (exact) mass is 377 g/mol. The summed E-state index contributed by atoms with van der Waals surface area (Å²) >= 11 is 0. The Morgan fingerprint density at radius 2 is 1.96 bits per heavy atom. The molecule has 10 heteroatoms. The van der Waals surface area contributed by atoms with Gasteiger partial charge in [-0.3, -0.25) is 14.2 Å². The lowest BCUT2D eigenvalue weighted by molar-refractivity contribution is -0.128. The molecule has 0 unspecified atom stereocenters. The van der Waals surface area contributed by atoms with E-state index < -0.39 is 15.9 Å². The highest BCUT2D eigenvalue weighted by molar-refractivity contribution is 7.89. The van der Waals surface area contributed by atoms with Crippen molar-refractivity contribution >= 4 is 21.8 Å². The fourth-order valence-electron chi connectivity index (χ4n) is 2.74. The number of benzene rings is 1. The van der Waals surface area contributed by atoms with Gasteiger partial charge in [-0.25, -0.2) is 13.4 Å². The largest absolute Gasteiger partial charge is 0.354 e. The molecule has 0 spiro atoms. The molecule has 26 heavy (non-hydrogen) atoms. The van der Waals surface area contributed by atoms with E-state index in [0.29, 0.717) is 11.4 Å². The Labute approximate surface area is 151 Å². The highest BCUT2D eigenvalue weighted by Crippen LogP contribution is 2.31. The van der Waals surface area contributed by atoms with Crippen LogP contribution in [0.4, 0.5) is 0 Å². The molecule has 3 rings (SSSR count). The van der Waals surface area contributed by atoms with Gasteiger partial charge in [-0.2, -0.15) is 4.31 Å². The zero-order valence-electron chi connectivity index (χ0n) is 14.6. The first-order chi connectivity index (χ1) is 12.3. The number of sulfonamides is 1. The van der Waals surface area contributed by atoms with Crippen molar-refractivity contribution in [2.24, 2.45) is 0 Å². The zero-order valence-corrected chi connectivity index (χ0v) is 15.4. The van der Waals surface area contributed by atoms with Crippen LogP contribution >= 0.6 is 0 Å². The van der Waals surface area contributed by atoms with E-state index in [1.54, 1.807) is 36.9 Å². The van der Waals surface area contributed by atoms with E-state index >= 15 is 0 Å². The highest BCUT2D eigenvalue weighted by atomic mass is 32.2. The van der Waals surface area contributed by atoms with Crippen molar-refractivity contribution in [2.75, 3.05) is 27.7 Å². The number of aromatic nitrogens is 2. The Morgan fingerprint density at radius 3 is 2.62 bits per heavy atom. The van der Waals surface area contributed by atoms with Gasteiger partial charge in [0.25, 0.3) is 5.91 Å². The number of carbonyl (C=O) groups excluding carboxylic acids is 2. The summed E-state index contributed by atoms with van der Waals surface area (Å²) in [5.41, 5.74) is 0.927. The normalized spacial score (nSPS) is 15.5. The summed E-state index contributed by atoms with van der Waals surface area (Å²) < 4.78 is 28.9.